The van der Waals surface area contributed by atoms with Crippen LogP contribution in [0.1, 0.15) is 16.7 Å². The monoisotopic (exact) mass is 384 g/mol. The van der Waals surface area contributed by atoms with Gasteiger partial charge >= 0.3 is 0 Å². The maximum Gasteiger partial charge on any atom is 0.244 e. The van der Waals surface area contributed by atoms with Crippen molar-refractivity contribution in [2.45, 2.75) is 13.5 Å². The Morgan fingerprint density at radius 1 is 1.03 bits per heavy atom. The lowest BCUT2D eigenvalue weighted by atomic mass is 10.1. The number of hydrogen-bond acceptors (Lipinski definition) is 4. The number of hydrogen-bond donors (Lipinski definition) is 2. The minimum Gasteiger partial charge on any atom is -0.505 e. The number of aryl methyl sites for hydroxylation is 1. The first-order valence-corrected chi connectivity index (χ1v) is 9.26. The van der Waals surface area contributed by atoms with Crippen molar-refractivity contribution >= 4 is 23.0 Å². The molecule has 6 nitrogen and oxygen atoms in total. The fraction of sp³-hybridized carbons (Fsp3) is 0.0870. The number of nitrogens with one attached hydrogen (secondary N) is 1. The Labute approximate surface area is 168 Å². The fourth-order valence-electron chi connectivity index (χ4n) is 3.07. The van der Waals surface area contributed by atoms with Gasteiger partial charge in [-0.25, -0.2) is 0 Å². The Hall–Kier alpha value is -3.93. The molecule has 0 spiro atoms. The summed E-state index contributed by atoms with van der Waals surface area (Å²) in [5.41, 5.74) is 4.44. The number of fused-ring (bicyclic) bond motifs is 1. The van der Waals surface area contributed by atoms with E-state index in [1.165, 1.54) is 10.9 Å². The zero-order valence-corrected chi connectivity index (χ0v) is 15.9. The second kappa shape index (κ2) is 7.98. The highest BCUT2D eigenvalue weighted by Gasteiger charge is 2.14. The first-order chi connectivity index (χ1) is 14.1. The molecule has 0 saturated carbocycles. The maximum atomic E-state index is 12.1. The summed E-state index contributed by atoms with van der Waals surface area (Å²) < 4.78 is 0. The number of carbonyl (C=O) groups is 1. The first-order valence-electron chi connectivity index (χ1n) is 9.26. The molecule has 3 aromatic carbocycles. The minimum absolute atomic E-state index is 0.0447. The number of amides is 1. The number of aromatic hydroxyl groups is 1. The van der Waals surface area contributed by atoms with Gasteiger partial charge in [-0.3, -0.25) is 4.79 Å². The van der Waals surface area contributed by atoms with Crippen molar-refractivity contribution in [3.63, 3.8) is 0 Å². The number of benzene rings is 3. The molecule has 1 amide bonds. The van der Waals surface area contributed by atoms with Gasteiger partial charge in [-0.2, -0.15) is 0 Å². The van der Waals surface area contributed by atoms with E-state index in [1.54, 1.807) is 6.08 Å². The first kappa shape index (κ1) is 18.4. The van der Waals surface area contributed by atoms with Crippen LogP contribution in [-0.2, 0) is 11.3 Å². The molecule has 144 valence electrons. The molecule has 0 bridgehead atoms. The molecular formula is C23H20N4O2. The number of aromatic nitrogens is 3. The van der Waals surface area contributed by atoms with Gasteiger partial charge in [0.25, 0.3) is 0 Å². The summed E-state index contributed by atoms with van der Waals surface area (Å²) in [6.07, 6.45) is 3.22. The van der Waals surface area contributed by atoms with Crippen LogP contribution in [0.2, 0.25) is 0 Å². The summed E-state index contributed by atoms with van der Waals surface area (Å²) in [7, 11) is 0. The molecule has 0 unspecified atom stereocenters. The molecule has 29 heavy (non-hydrogen) atoms. The van der Waals surface area contributed by atoms with Gasteiger partial charge < -0.3 is 10.4 Å². The predicted octanol–water partition coefficient (Wildman–Crippen LogP) is 3.76. The van der Waals surface area contributed by atoms with Crippen molar-refractivity contribution in [1.29, 1.82) is 0 Å². The SMILES string of the molecule is Cc1cc(CNC(=O)/C=C/c2ccccc2)c(O)c(-n2nc3ccccc3n2)c1. The lowest BCUT2D eigenvalue weighted by Crippen LogP contribution is -2.20. The van der Waals surface area contributed by atoms with Crippen molar-refractivity contribution in [2.24, 2.45) is 0 Å². The fourth-order valence-corrected chi connectivity index (χ4v) is 3.07. The zero-order valence-electron chi connectivity index (χ0n) is 15.9. The maximum absolute atomic E-state index is 12.1. The van der Waals surface area contributed by atoms with Gasteiger partial charge in [0, 0.05) is 18.2 Å². The van der Waals surface area contributed by atoms with Crippen molar-refractivity contribution < 1.29 is 9.90 Å². The van der Waals surface area contributed by atoms with Crippen molar-refractivity contribution in [3.05, 3.63) is 89.5 Å². The number of rotatable bonds is 5. The lowest BCUT2D eigenvalue weighted by molar-refractivity contribution is -0.116. The zero-order chi connectivity index (χ0) is 20.2. The molecular weight excluding hydrogens is 364 g/mol. The largest absolute Gasteiger partial charge is 0.505 e. The Morgan fingerprint density at radius 2 is 1.69 bits per heavy atom. The van der Waals surface area contributed by atoms with E-state index in [0.717, 1.165) is 22.2 Å². The quantitative estimate of drug-likeness (QED) is 0.514. The molecule has 0 saturated heterocycles. The molecule has 0 aliphatic carbocycles. The van der Waals surface area contributed by atoms with Gasteiger partial charge in [0.1, 0.15) is 22.5 Å². The van der Waals surface area contributed by atoms with Gasteiger partial charge in [-0.05, 0) is 42.3 Å². The topological polar surface area (TPSA) is 80.0 Å². The highest BCUT2D eigenvalue weighted by Crippen LogP contribution is 2.28. The summed E-state index contributed by atoms with van der Waals surface area (Å²) in [6, 6.07) is 20.8. The van der Waals surface area contributed by atoms with Crippen LogP contribution >= 0.6 is 0 Å². The predicted molar refractivity (Wildman–Crippen MR) is 113 cm³/mol. The average molecular weight is 384 g/mol. The van der Waals surface area contributed by atoms with E-state index >= 15 is 0 Å². The van der Waals surface area contributed by atoms with Gasteiger partial charge in [0.15, 0.2) is 0 Å². The summed E-state index contributed by atoms with van der Waals surface area (Å²) in [6.45, 7) is 2.12. The second-order valence-corrected chi connectivity index (χ2v) is 6.73. The van der Waals surface area contributed by atoms with E-state index in [9.17, 15) is 9.90 Å². The van der Waals surface area contributed by atoms with E-state index in [2.05, 4.69) is 15.5 Å². The van der Waals surface area contributed by atoms with Crippen LogP contribution in [0.5, 0.6) is 5.75 Å². The lowest BCUT2D eigenvalue weighted by Gasteiger charge is -2.11. The molecule has 0 fully saturated rings. The summed E-state index contributed by atoms with van der Waals surface area (Å²) in [5.74, 6) is -0.192. The minimum atomic E-state index is -0.237. The Bertz CT molecular complexity index is 1160. The summed E-state index contributed by atoms with van der Waals surface area (Å²) in [5, 5.41) is 22.4. The van der Waals surface area contributed by atoms with Gasteiger partial charge in [0.05, 0.1) is 0 Å². The molecule has 4 rings (SSSR count). The molecule has 0 radical (unpaired) electrons. The Balaban J connectivity index is 1.54. The highest BCUT2D eigenvalue weighted by atomic mass is 16.3. The van der Waals surface area contributed by atoms with Crippen molar-refractivity contribution in [2.75, 3.05) is 0 Å². The molecule has 0 aliphatic rings. The molecule has 4 aromatic rings. The van der Waals surface area contributed by atoms with E-state index in [0.29, 0.717) is 11.3 Å². The van der Waals surface area contributed by atoms with Crippen LogP contribution in [0.4, 0.5) is 0 Å². The Kier molecular flexibility index (Phi) is 5.07. The molecule has 0 aliphatic heterocycles. The van der Waals surface area contributed by atoms with Crippen LogP contribution in [0.3, 0.4) is 0 Å². The van der Waals surface area contributed by atoms with E-state index in [4.69, 9.17) is 0 Å². The number of nitrogens with zero attached hydrogens (tertiary/aromatic N) is 3. The number of phenolic OH excluding ortho intramolecular Hbond substituents is 1. The highest BCUT2D eigenvalue weighted by molar-refractivity contribution is 5.91. The molecule has 2 N–H and O–H groups in total. The second-order valence-electron chi connectivity index (χ2n) is 6.73. The van der Waals surface area contributed by atoms with E-state index in [-0.39, 0.29) is 18.2 Å². The third-order valence-electron chi connectivity index (χ3n) is 4.49. The van der Waals surface area contributed by atoms with Crippen molar-refractivity contribution in [3.8, 4) is 11.4 Å². The standard InChI is InChI=1S/C23H20N4O2/c1-16-13-18(15-24-22(28)12-11-17-7-3-2-4-8-17)23(29)21(14-16)27-25-19-9-5-6-10-20(19)26-27/h2-14,29H,15H2,1H3,(H,24,28)/b12-11+. The number of phenols is 1. The third-order valence-corrected chi connectivity index (χ3v) is 4.49. The van der Waals surface area contributed by atoms with Crippen LogP contribution in [0, 0.1) is 6.92 Å². The molecule has 0 atom stereocenters. The summed E-state index contributed by atoms with van der Waals surface area (Å²) in [4.78, 5) is 13.6. The smallest absolute Gasteiger partial charge is 0.244 e. The van der Waals surface area contributed by atoms with Crippen LogP contribution in [-0.4, -0.2) is 26.0 Å². The van der Waals surface area contributed by atoms with Crippen molar-refractivity contribution in [1.82, 2.24) is 20.3 Å². The Morgan fingerprint density at radius 3 is 2.38 bits per heavy atom. The summed E-state index contributed by atoms with van der Waals surface area (Å²) >= 11 is 0. The van der Waals surface area contributed by atoms with Crippen LogP contribution in [0.15, 0.2) is 72.8 Å². The normalized spacial score (nSPS) is 11.2. The van der Waals surface area contributed by atoms with E-state index in [1.807, 2.05) is 73.7 Å². The van der Waals surface area contributed by atoms with Gasteiger partial charge in [-0.1, -0.05) is 48.5 Å². The van der Waals surface area contributed by atoms with Gasteiger partial charge in [0.2, 0.25) is 5.91 Å². The third kappa shape index (κ3) is 4.16. The molecule has 1 heterocycles. The number of carbonyl (C=O) groups excluding carboxylic acids is 1. The molecule has 6 heteroatoms. The van der Waals surface area contributed by atoms with Crippen LogP contribution < -0.4 is 5.32 Å². The van der Waals surface area contributed by atoms with Gasteiger partial charge in [-0.15, -0.1) is 15.0 Å². The average Bonchev–Trinajstić information content (AvgIpc) is 3.17. The molecule has 1 aromatic heterocycles. The van der Waals surface area contributed by atoms with Crippen LogP contribution in [0.25, 0.3) is 22.8 Å². The van der Waals surface area contributed by atoms with E-state index < -0.39 is 0 Å².